The van der Waals surface area contributed by atoms with Crippen molar-refractivity contribution in [1.29, 1.82) is 0 Å². The maximum atomic E-state index is 8.44. The van der Waals surface area contributed by atoms with Gasteiger partial charge in [-0.2, -0.15) is 0 Å². The highest BCUT2D eigenvalue weighted by Gasteiger charge is 2.05. The average Bonchev–Trinajstić information content (AvgIpc) is 3.61. The van der Waals surface area contributed by atoms with Gasteiger partial charge in [-0.25, -0.2) is 9.97 Å². The number of hydrogen-bond acceptors (Lipinski definition) is 5. The van der Waals surface area contributed by atoms with Crippen LogP contribution in [0.3, 0.4) is 0 Å². The monoisotopic (exact) mass is 721 g/mol. The molecule has 8 heteroatoms. The molecule has 0 atom stereocenters. The lowest BCUT2D eigenvalue weighted by Crippen LogP contribution is -2.00. The van der Waals surface area contributed by atoms with Crippen LogP contribution in [0.1, 0.15) is 51.9 Å². The number of thiazole rings is 1. The van der Waals surface area contributed by atoms with E-state index >= 15 is 0 Å². The molecule has 192 valence electrons. The summed E-state index contributed by atoms with van der Waals surface area (Å²) in [6.07, 6.45) is 9.20. The number of hydrogen-bond donors (Lipinski definition) is 2. The summed E-state index contributed by atoms with van der Waals surface area (Å²) >= 11 is 5.81. The fourth-order valence-electron chi connectivity index (χ4n) is 3.12. The number of H-pyrrole nitrogens is 1. The number of ether oxygens (including phenoxy) is 1. The van der Waals surface area contributed by atoms with E-state index < -0.39 is 0 Å². The lowest BCUT2D eigenvalue weighted by molar-refractivity contribution is 0.0895. The van der Waals surface area contributed by atoms with E-state index in [-0.39, 0.29) is 6.61 Å². The van der Waals surface area contributed by atoms with Gasteiger partial charge < -0.3 is 14.8 Å². The van der Waals surface area contributed by atoms with E-state index in [9.17, 15) is 0 Å². The number of aromatic amines is 1. The molecule has 0 aliphatic heterocycles. The van der Waals surface area contributed by atoms with Crippen LogP contribution >= 0.6 is 48.6 Å². The molecule has 0 fully saturated rings. The molecule has 4 rings (SSSR count). The number of halogens is 2. The van der Waals surface area contributed by atoms with Crippen LogP contribution < -0.4 is 0 Å². The van der Waals surface area contributed by atoms with E-state index in [1.165, 1.54) is 38.5 Å². The fourth-order valence-corrected chi connectivity index (χ4v) is 3.65. The highest BCUT2D eigenvalue weighted by atomic mass is 128. The number of aliphatic hydroxyl groups is 1. The summed E-state index contributed by atoms with van der Waals surface area (Å²) in [5.41, 5.74) is 4.75. The number of aliphatic hydroxyl groups excluding tert-OH is 1. The van der Waals surface area contributed by atoms with Crippen LogP contribution in [-0.2, 0) is 4.74 Å². The molecule has 0 amide bonds. The van der Waals surface area contributed by atoms with Crippen molar-refractivity contribution in [3.8, 4) is 11.5 Å². The van der Waals surface area contributed by atoms with E-state index in [1.54, 1.807) is 11.3 Å². The number of fused-ring (bicyclic) bond motifs is 1. The number of benzene rings is 2. The Hall–Kier alpha value is -1.08. The molecule has 2 N–H and O–H groups in total. The van der Waals surface area contributed by atoms with E-state index in [0.717, 1.165) is 35.6 Å². The minimum absolute atomic E-state index is 0.149. The second-order valence-electron chi connectivity index (χ2n) is 7.59. The van der Waals surface area contributed by atoms with Crippen molar-refractivity contribution in [2.24, 2.45) is 0 Å². The van der Waals surface area contributed by atoms with Crippen LogP contribution in [0.4, 0.5) is 0 Å². The van der Waals surface area contributed by atoms with Crippen LogP contribution in [0.15, 0.2) is 71.6 Å². The zero-order chi connectivity index (χ0) is 25.4. The Morgan fingerprint density at radius 2 is 1.49 bits per heavy atom. The molecule has 2 aromatic carbocycles. The van der Waals surface area contributed by atoms with E-state index in [1.807, 2.05) is 71.6 Å². The number of imidazole rings is 1. The lowest BCUT2D eigenvalue weighted by atomic mass is 10.1. The minimum atomic E-state index is 0.149. The maximum absolute atomic E-state index is 8.44. The molecule has 4 aromatic rings. The Labute approximate surface area is 237 Å². The van der Waals surface area contributed by atoms with E-state index in [4.69, 9.17) is 9.84 Å². The highest BCUT2D eigenvalue weighted by molar-refractivity contribution is 15.0. The summed E-state index contributed by atoms with van der Waals surface area (Å²) < 4.78 is 5.16. The molecule has 0 radical (unpaired) electrons. The molecular formula is C27H37I2N3O2S. The summed E-state index contributed by atoms with van der Waals surface area (Å²) in [7, 11) is 0. The van der Waals surface area contributed by atoms with Gasteiger partial charge in [0.25, 0.3) is 0 Å². The van der Waals surface area contributed by atoms with Crippen LogP contribution in [0.25, 0.3) is 22.6 Å². The van der Waals surface area contributed by atoms with Gasteiger partial charge in [0.2, 0.25) is 0 Å². The van der Waals surface area contributed by atoms with Crippen LogP contribution in [0.2, 0.25) is 0 Å². The summed E-state index contributed by atoms with van der Waals surface area (Å²) in [4.78, 5) is 11.9. The Morgan fingerprint density at radius 1 is 0.857 bits per heavy atom. The second kappa shape index (κ2) is 23.3. The third-order valence-corrected chi connectivity index (χ3v) is 5.45. The SMILES string of the molecule is CCCCCCCCCOCCO.II.c1ccc2[nH]c(-c3cscn3)nc2c1.c1ccccc1. The van der Waals surface area contributed by atoms with Crippen molar-refractivity contribution in [3.05, 3.63) is 71.6 Å². The molecule has 2 aromatic heterocycles. The van der Waals surface area contributed by atoms with Gasteiger partial charge in [-0.1, -0.05) is 94.0 Å². The Morgan fingerprint density at radius 3 is 2.06 bits per heavy atom. The first-order valence-electron chi connectivity index (χ1n) is 12.0. The summed E-state index contributed by atoms with van der Waals surface area (Å²) in [6, 6.07) is 20.0. The van der Waals surface area contributed by atoms with Crippen molar-refractivity contribution < 1.29 is 9.84 Å². The van der Waals surface area contributed by atoms with Crippen molar-refractivity contribution in [3.63, 3.8) is 0 Å². The van der Waals surface area contributed by atoms with Gasteiger partial charge in [0, 0.05) is 49.2 Å². The first-order chi connectivity index (χ1) is 17.3. The molecule has 0 aliphatic rings. The van der Waals surface area contributed by atoms with Gasteiger partial charge in [0.1, 0.15) is 5.69 Å². The third-order valence-electron chi connectivity index (χ3n) is 4.86. The highest BCUT2D eigenvalue weighted by Crippen LogP contribution is 2.19. The van der Waals surface area contributed by atoms with Crippen molar-refractivity contribution >= 4 is 59.6 Å². The fraction of sp³-hybridized carbons (Fsp3) is 0.407. The topological polar surface area (TPSA) is 71.0 Å². The Bertz CT molecular complexity index is 884. The third kappa shape index (κ3) is 15.6. The van der Waals surface area contributed by atoms with E-state index in [2.05, 4.69) is 59.1 Å². The van der Waals surface area contributed by atoms with Gasteiger partial charge >= 0.3 is 0 Å². The van der Waals surface area contributed by atoms with E-state index in [0.29, 0.717) is 6.61 Å². The molecule has 5 nitrogen and oxygen atoms in total. The van der Waals surface area contributed by atoms with Gasteiger partial charge in [-0.3, -0.25) is 0 Å². The summed E-state index contributed by atoms with van der Waals surface area (Å²) in [6.45, 7) is 3.70. The quantitative estimate of drug-likeness (QED) is 0.120. The maximum Gasteiger partial charge on any atom is 0.158 e. The molecule has 0 bridgehead atoms. The smallest absolute Gasteiger partial charge is 0.158 e. The molecule has 0 spiro atoms. The first kappa shape index (κ1) is 31.9. The molecule has 0 saturated carbocycles. The van der Waals surface area contributed by atoms with Crippen molar-refractivity contribution in [2.45, 2.75) is 51.9 Å². The molecule has 2 heterocycles. The number of rotatable bonds is 11. The summed E-state index contributed by atoms with van der Waals surface area (Å²) in [5.74, 6) is 0.840. The van der Waals surface area contributed by atoms with Crippen LogP contribution in [0.5, 0.6) is 0 Å². The largest absolute Gasteiger partial charge is 0.394 e. The molecule has 0 saturated heterocycles. The minimum Gasteiger partial charge on any atom is -0.394 e. The van der Waals surface area contributed by atoms with Crippen LogP contribution in [-0.4, -0.2) is 39.9 Å². The number of nitrogens with zero attached hydrogens (tertiary/aromatic N) is 2. The first-order valence-corrected chi connectivity index (χ1v) is 19.2. The molecule has 0 unspecified atom stereocenters. The zero-order valence-electron chi connectivity index (χ0n) is 20.4. The molecule has 35 heavy (non-hydrogen) atoms. The average molecular weight is 721 g/mol. The second-order valence-corrected chi connectivity index (χ2v) is 8.31. The van der Waals surface area contributed by atoms with Crippen molar-refractivity contribution in [2.75, 3.05) is 19.8 Å². The van der Waals surface area contributed by atoms with Gasteiger partial charge in [-0.05, 0) is 18.6 Å². The van der Waals surface area contributed by atoms with Gasteiger partial charge in [0.05, 0.1) is 29.8 Å². The number of para-hydroxylation sites is 2. The van der Waals surface area contributed by atoms with Gasteiger partial charge in [-0.15, -0.1) is 11.3 Å². The number of aromatic nitrogens is 3. The lowest BCUT2D eigenvalue weighted by Gasteiger charge is -2.02. The Balaban J connectivity index is 0.000000270. The standard InChI is InChI=1S/C11H24O2.C10H7N3S.C6H6.I2/c1-2-3-4-5-6-7-8-10-13-11-9-12;1-2-4-8-7(3-1)12-10(13-8)9-5-14-6-11-9;1-2-4-6-5-3-1;1-2/h12H,2-11H2,1H3;1-6H,(H,12,13);1-6H;. The molecular weight excluding hydrogens is 684 g/mol. The number of nitrogens with one attached hydrogen (secondary N) is 1. The zero-order valence-corrected chi connectivity index (χ0v) is 25.5. The normalized spacial score (nSPS) is 9.83. The predicted octanol–water partition coefficient (Wildman–Crippen LogP) is 8.89. The number of unbranched alkanes of at least 4 members (excludes halogenated alkanes) is 6. The molecule has 0 aliphatic carbocycles. The van der Waals surface area contributed by atoms with Gasteiger partial charge in [0.15, 0.2) is 5.82 Å². The Kier molecular flexibility index (Phi) is 21.3. The van der Waals surface area contributed by atoms with Crippen molar-refractivity contribution in [1.82, 2.24) is 15.0 Å². The van der Waals surface area contributed by atoms with Crippen LogP contribution in [0, 0.1) is 0 Å². The predicted molar refractivity (Wildman–Crippen MR) is 168 cm³/mol. The summed E-state index contributed by atoms with van der Waals surface area (Å²) in [5, 5.41) is 10.4.